The first kappa shape index (κ1) is 13.9. The van der Waals surface area contributed by atoms with Crippen molar-refractivity contribution in [3.8, 4) is 0 Å². The van der Waals surface area contributed by atoms with Crippen LogP contribution in [0.4, 0.5) is 0 Å². The van der Waals surface area contributed by atoms with Crippen LogP contribution in [-0.2, 0) is 0 Å². The zero-order chi connectivity index (χ0) is 11.2. The van der Waals surface area contributed by atoms with Gasteiger partial charge < -0.3 is 15.5 Å². The molecule has 0 aromatic heterocycles. The van der Waals surface area contributed by atoms with Crippen LogP contribution < -0.4 is 10.6 Å². The molecule has 0 saturated carbocycles. The van der Waals surface area contributed by atoms with E-state index in [0.717, 1.165) is 19.6 Å². The summed E-state index contributed by atoms with van der Waals surface area (Å²) in [5.41, 5.74) is 0.231. The van der Waals surface area contributed by atoms with Crippen LogP contribution in [0.1, 0.15) is 27.7 Å². The van der Waals surface area contributed by atoms with Gasteiger partial charge in [0, 0.05) is 31.2 Å². The zero-order valence-corrected chi connectivity index (χ0v) is 10.6. The molecule has 1 atom stereocenters. The molecule has 0 rings (SSSR count). The van der Waals surface area contributed by atoms with Gasteiger partial charge in [0.05, 0.1) is 0 Å². The van der Waals surface area contributed by atoms with Crippen molar-refractivity contribution in [2.75, 3.05) is 33.7 Å². The van der Waals surface area contributed by atoms with Crippen LogP contribution in [0.3, 0.4) is 0 Å². The second kappa shape index (κ2) is 6.38. The Bertz CT molecular complexity index is 138. The molecule has 0 spiro atoms. The third-order valence-corrected chi connectivity index (χ3v) is 2.28. The minimum atomic E-state index is 0.231. The molecule has 0 saturated heterocycles. The highest BCUT2D eigenvalue weighted by molar-refractivity contribution is 4.71. The molecule has 14 heavy (non-hydrogen) atoms. The number of hydrogen-bond acceptors (Lipinski definition) is 3. The Morgan fingerprint density at radius 2 is 1.71 bits per heavy atom. The molecule has 1 unspecified atom stereocenters. The van der Waals surface area contributed by atoms with E-state index in [-0.39, 0.29) is 5.54 Å². The molecular weight excluding hydrogens is 174 g/mol. The van der Waals surface area contributed by atoms with E-state index >= 15 is 0 Å². The lowest BCUT2D eigenvalue weighted by atomic mass is 10.1. The molecular formula is C11H27N3. The predicted molar refractivity (Wildman–Crippen MR) is 63.8 cm³/mol. The van der Waals surface area contributed by atoms with Gasteiger partial charge in [-0.3, -0.25) is 0 Å². The molecule has 0 aliphatic heterocycles. The lowest BCUT2D eigenvalue weighted by Crippen LogP contribution is -2.42. The topological polar surface area (TPSA) is 27.3 Å². The van der Waals surface area contributed by atoms with Crippen molar-refractivity contribution in [1.29, 1.82) is 0 Å². The molecule has 0 aromatic rings. The summed E-state index contributed by atoms with van der Waals surface area (Å²) < 4.78 is 0. The van der Waals surface area contributed by atoms with Crippen molar-refractivity contribution < 1.29 is 0 Å². The van der Waals surface area contributed by atoms with Gasteiger partial charge in [-0.1, -0.05) is 0 Å². The van der Waals surface area contributed by atoms with Gasteiger partial charge in [-0.15, -0.1) is 0 Å². The molecule has 0 radical (unpaired) electrons. The molecule has 86 valence electrons. The van der Waals surface area contributed by atoms with Crippen LogP contribution in [-0.4, -0.2) is 50.2 Å². The first-order chi connectivity index (χ1) is 6.33. The van der Waals surface area contributed by atoms with E-state index in [0.29, 0.717) is 6.04 Å². The van der Waals surface area contributed by atoms with Gasteiger partial charge in [-0.25, -0.2) is 0 Å². The predicted octanol–water partition coefficient (Wildman–Crippen LogP) is 0.914. The largest absolute Gasteiger partial charge is 0.314 e. The molecule has 0 fully saturated rings. The van der Waals surface area contributed by atoms with Crippen molar-refractivity contribution in [1.82, 2.24) is 15.5 Å². The highest BCUT2D eigenvalue weighted by Gasteiger charge is 2.07. The van der Waals surface area contributed by atoms with E-state index in [4.69, 9.17) is 0 Å². The maximum absolute atomic E-state index is 3.45. The average Bonchev–Trinajstić information content (AvgIpc) is 2.01. The van der Waals surface area contributed by atoms with E-state index < -0.39 is 0 Å². The SMILES string of the molecule is CC(CNCCNC(C)(C)C)N(C)C. The molecule has 0 amide bonds. The number of hydrogen-bond donors (Lipinski definition) is 2. The minimum Gasteiger partial charge on any atom is -0.314 e. The maximum Gasteiger partial charge on any atom is 0.0186 e. The zero-order valence-electron chi connectivity index (χ0n) is 10.6. The third-order valence-electron chi connectivity index (χ3n) is 2.28. The van der Waals surface area contributed by atoms with E-state index in [2.05, 4.69) is 57.3 Å². The standard InChI is InChI=1S/C11H27N3/c1-10(14(5)6)9-12-7-8-13-11(2,3)4/h10,12-13H,7-9H2,1-6H3. The first-order valence-electron chi connectivity index (χ1n) is 5.45. The summed E-state index contributed by atoms with van der Waals surface area (Å²) in [6, 6.07) is 0.602. The van der Waals surface area contributed by atoms with E-state index in [1.807, 2.05) is 0 Å². The Kier molecular flexibility index (Phi) is 6.33. The molecule has 0 aromatic carbocycles. The Balaban J connectivity index is 3.30. The monoisotopic (exact) mass is 201 g/mol. The molecule has 3 heteroatoms. The highest BCUT2D eigenvalue weighted by Crippen LogP contribution is 1.96. The van der Waals surface area contributed by atoms with Crippen LogP contribution in [0.2, 0.25) is 0 Å². The summed E-state index contributed by atoms with van der Waals surface area (Å²) >= 11 is 0. The third kappa shape index (κ3) is 8.48. The summed E-state index contributed by atoms with van der Waals surface area (Å²) in [6.45, 7) is 11.9. The van der Waals surface area contributed by atoms with Crippen LogP contribution in [0, 0.1) is 0 Å². The van der Waals surface area contributed by atoms with Crippen molar-refractivity contribution in [2.45, 2.75) is 39.3 Å². The highest BCUT2D eigenvalue weighted by atomic mass is 15.1. The van der Waals surface area contributed by atoms with E-state index in [9.17, 15) is 0 Å². The van der Waals surface area contributed by atoms with Crippen molar-refractivity contribution in [3.63, 3.8) is 0 Å². The maximum atomic E-state index is 3.45. The molecule has 0 heterocycles. The van der Waals surface area contributed by atoms with Gasteiger partial charge in [0.1, 0.15) is 0 Å². The smallest absolute Gasteiger partial charge is 0.0186 e. The number of nitrogens with zero attached hydrogens (tertiary/aromatic N) is 1. The first-order valence-corrected chi connectivity index (χ1v) is 5.45. The number of likely N-dealkylation sites (N-methyl/N-ethyl adjacent to an activating group) is 1. The summed E-state index contributed by atoms with van der Waals surface area (Å²) in [6.07, 6.45) is 0. The van der Waals surface area contributed by atoms with Gasteiger partial charge in [-0.2, -0.15) is 0 Å². The Hall–Kier alpha value is -0.120. The van der Waals surface area contributed by atoms with Crippen LogP contribution in [0.15, 0.2) is 0 Å². The molecule has 0 aliphatic rings. The van der Waals surface area contributed by atoms with Crippen LogP contribution in [0.25, 0.3) is 0 Å². The quantitative estimate of drug-likeness (QED) is 0.626. The second-order valence-electron chi connectivity index (χ2n) is 5.19. The van der Waals surface area contributed by atoms with Gasteiger partial charge in [0.2, 0.25) is 0 Å². The fourth-order valence-corrected chi connectivity index (χ4v) is 1.02. The Morgan fingerprint density at radius 1 is 1.14 bits per heavy atom. The van der Waals surface area contributed by atoms with Gasteiger partial charge in [0.25, 0.3) is 0 Å². The van der Waals surface area contributed by atoms with Crippen molar-refractivity contribution in [2.24, 2.45) is 0 Å². The minimum absolute atomic E-state index is 0.231. The lowest BCUT2D eigenvalue weighted by molar-refractivity contribution is 0.301. The second-order valence-corrected chi connectivity index (χ2v) is 5.19. The molecule has 2 N–H and O–H groups in total. The lowest BCUT2D eigenvalue weighted by Gasteiger charge is -2.22. The van der Waals surface area contributed by atoms with Gasteiger partial charge in [0.15, 0.2) is 0 Å². The summed E-state index contributed by atoms with van der Waals surface area (Å²) in [5.74, 6) is 0. The van der Waals surface area contributed by atoms with Gasteiger partial charge >= 0.3 is 0 Å². The fraction of sp³-hybridized carbons (Fsp3) is 1.00. The summed E-state index contributed by atoms with van der Waals surface area (Å²) in [7, 11) is 4.22. The van der Waals surface area contributed by atoms with Crippen molar-refractivity contribution >= 4 is 0 Å². The van der Waals surface area contributed by atoms with E-state index in [1.165, 1.54) is 0 Å². The van der Waals surface area contributed by atoms with Crippen LogP contribution >= 0.6 is 0 Å². The molecule has 3 nitrogen and oxygen atoms in total. The van der Waals surface area contributed by atoms with Crippen molar-refractivity contribution in [3.05, 3.63) is 0 Å². The fourth-order valence-electron chi connectivity index (χ4n) is 1.02. The number of rotatable bonds is 6. The summed E-state index contributed by atoms with van der Waals surface area (Å²) in [5, 5.41) is 6.88. The number of nitrogens with one attached hydrogen (secondary N) is 2. The molecule has 0 aliphatic carbocycles. The van der Waals surface area contributed by atoms with Crippen LogP contribution in [0.5, 0.6) is 0 Å². The summed E-state index contributed by atoms with van der Waals surface area (Å²) in [4.78, 5) is 2.23. The molecule has 0 bridgehead atoms. The Morgan fingerprint density at radius 3 is 2.14 bits per heavy atom. The normalized spacial score (nSPS) is 14.8. The Labute approximate surface area is 89.2 Å². The van der Waals surface area contributed by atoms with E-state index in [1.54, 1.807) is 0 Å². The van der Waals surface area contributed by atoms with Gasteiger partial charge in [-0.05, 0) is 41.8 Å². The average molecular weight is 201 g/mol.